The molecule has 0 aromatic rings. The normalized spacial score (nSPS) is 17.4. The predicted molar refractivity (Wildman–Crippen MR) is 69.6 cm³/mol. The molecule has 0 unspecified atom stereocenters. The molecule has 0 aromatic carbocycles. The zero-order valence-corrected chi connectivity index (χ0v) is 11.1. The first-order chi connectivity index (χ1) is 8.02. The molecule has 1 fully saturated rings. The molecule has 0 aliphatic heterocycles. The second-order valence-electron chi connectivity index (χ2n) is 5.03. The molecule has 4 nitrogen and oxygen atoms in total. The van der Waals surface area contributed by atoms with Crippen LogP contribution in [0.1, 0.15) is 19.3 Å². The van der Waals surface area contributed by atoms with E-state index in [0.29, 0.717) is 13.1 Å². The number of rotatable bonds is 6. The van der Waals surface area contributed by atoms with Crippen LogP contribution in [0.3, 0.4) is 0 Å². The van der Waals surface area contributed by atoms with Crippen LogP contribution in [0.4, 0.5) is 0 Å². The Morgan fingerprint density at radius 1 is 1.41 bits per heavy atom. The number of carbonyl (C=O) groups excluding carboxylic acids is 1. The Bertz CT molecular complexity index is 302. The number of nitrogens with zero attached hydrogens (tertiary/aromatic N) is 2. The summed E-state index contributed by atoms with van der Waals surface area (Å²) in [5.74, 6) is 2.57. The molecule has 1 amide bonds. The van der Waals surface area contributed by atoms with Crippen LogP contribution in [0.5, 0.6) is 0 Å². The Balaban J connectivity index is 2.40. The Kier molecular flexibility index (Phi) is 4.98. The zero-order valence-electron chi connectivity index (χ0n) is 11.1. The maximum absolute atomic E-state index is 11.8. The van der Waals surface area contributed by atoms with Gasteiger partial charge in [0.1, 0.15) is 0 Å². The maximum Gasteiger partial charge on any atom is 0.236 e. The summed E-state index contributed by atoms with van der Waals surface area (Å²) in [6.45, 7) is 1.57. The van der Waals surface area contributed by atoms with Gasteiger partial charge in [-0.05, 0) is 33.4 Å². The van der Waals surface area contributed by atoms with Gasteiger partial charge in [-0.25, -0.2) is 0 Å². The van der Waals surface area contributed by atoms with Gasteiger partial charge in [-0.2, -0.15) is 0 Å². The average molecular weight is 237 g/mol. The molecule has 1 saturated carbocycles. The van der Waals surface area contributed by atoms with Gasteiger partial charge < -0.3 is 9.80 Å². The molecule has 1 aliphatic carbocycles. The lowest BCUT2D eigenvalue weighted by Crippen LogP contribution is -2.58. The van der Waals surface area contributed by atoms with Crippen molar-refractivity contribution in [2.45, 2.75) is 24.8 Å². The van der Waals surface area contributed by atoms with Crippen LogP contribution in [0.2, 0.25) is 0 Å². The van der Waals surface area contributed by atoms with E-state index >= 15 is 0 Å². The SMILES string of the molecule is C#CCNCC(=O)N(C)CC1(N(C)C)CCC1. The average Bonchev–Trinajstić information content (AvgIpc) is 2.22. The van der Waals surface area contributed by atoms with Crippen LogP contribution in [0.15, 0.2) is 0 Å². The van der Waals surface area contributed by atoms with E-state index in [1.54, 1.807) is 0 Å². The first-order valence-electron chi connectivity index (χ1n) is 6.07. The van der Waals surface area contributed by atoms with E-state index in [9.17, 15) is 4.79 Å². The number of amides is 1. The van der Waals surface area contributed by atoms with Crippen LogP contribution in [0.25, 0.3) is 0 Å². The number of nitrogens with one attached hydrogen (secondary N) is 1. The van der Waals surface area contributed by atoms with Crippen LogP contribution >= 0.6 is 0 Å². The largest absolute Gasteiger partial charge is 0.343 e. The Morgan fingerprint density at radius 2 is 2.06 bits per heavy atom. The van der Waals surface area contributed by atoms with Gasteiger partial charge in [0.25, 0.3) is 0 Å². The molecule has 4 heteroatoms. The number of carbonyl (C=O) groups is 1. The molecule has 0 aromatic heterocycles. The summed E-state index contributed by atoms with van der Waals surface area (Å²) >= 11 is 0. The first-order valence-corrected chi connectivity index (χ1v) is 6.07. The van der Waals surface area contributed by atoms with E-state index in [1.165, 1.54) is 19.3 Å². The summed E-state index contributed by atoms with van der Waals surface area (Å²) in [4.78, 5) is 15.9. The van der Waals surface area contributed by atoms with Crippen molar-refractivity contribution < 1.29 is 4.79 Å². The highest BCUT2D eigenvalue weighted by Gasteiger charge is 2.40. The van der Waals surface area contributed by atoms with E-state index in [1.807, 2.05) is 11.9 Å². The molecule has 0 saturated heterocycles. The Hall–Kier alpha value is -1.05. The molecule has 0 bridgehead atoms. The van der Waals surface area contributed by atoms with Crippen molar-refractivity contribution in [1.29, 1.82) is 0 Å². The molecular weight excluding hydrogens is 214 g/mol. The fourth-order valence-electron chi connectivity index (χ4n) is 2.24. The minimum Gasteiger partial charge on any atom is -0.343 e. The first kappa shape index (κ1) is 14.0. The van der Waals surface area contributed by atoms with Gasteiger partial charge in [-0.3, -0.25) is 10.1 Å². The predicted octanol–water partition coefficient (Wildman–Crippen LogP) is 0.152. The van der Waals surface area contributed by atoms with Crippen molar-refractivity contribution in [1.82, 2.24) is 15.1 Å². The molecular formula is C13H23N3O. The monoisotopic (exact) mass is 237 g/mol. The highest BCUT2D eigenvalue weighted by molar-refractivity contribution is 5.78. The fraction of sp³-hybridized carbons (Fsp3) is 0.769. The molecule has 1 aliphatic rings. The van der Waals surface area contributed by atoms with Crippen molar-refractivity contribution in [3.8, 4) is 12.3 Å². The lowest BCUT2D eigenvalue weighted by atomic mass is 9.75. The van der Waals surface area contributed by atoms with Crippen LogP contribution in [-0.4, -0.2) is 62.0 Å². The summed E-state index contributed by atoms with van der Waals surface area (Å²) in [6.07, 6.45) is 8.73. The maximum atomic E-state index is 11.8. The number of likely N-dealkylation sites (N-methyl/N-ethyl adjacent to an activating group) is 2. The summed E-state index contributed by atoms with van der Waals surface area (Å²) in [5, 5.41) is 2.93. The van der Waals surface area contributed by atoms with E-state index in [-0.39, 0.29) is 11.4 Å². The van der Waals surface area contributed by atoms with Gasteiger partial charge in [0.15, 0.2) is 0 Å². The third-order valence-electron chi connectivity index (χ3n) is 3.69. The quantitative estimate of drug-likeness (QED) is 0.528. The molecule has 1 N–H and O–H groups in total. The molecule has 1 rings (SSSR count). The molecule has 96 valence electrons. The Morgan fingerprint density at radius 3 is 2.47 bits per heavy atom. The van der Waals surface area contributed by atoms with E-state index in [2.05, 4.69) is 30.2 Å². The third kappa shape index (κ3) is 3.45. The number of hydrogen-bond donors (Lipinski definition) is 1. The van der Waals surface area contributed by atoms with E-state index < -0.39 is 0 Å². The lowest BCUT2D eigenvalue weighted by molar-refractivity contribution is -0.131. The molecule has 0 heterocycles. The Labute approximate surface area is 104 Å². The standard InChI is InChI=1S/C13H23N3O/c1-5-9-14-10-12(17)16(4)11-13(15(2)3)7-6-8-13/h1,14H,6-11H2,2-4H3. The zero-order chi connectivity index (χ0) is 12.9. The van der Waals surface area contributed by atoms with Crippen molar-refractivity contribution in [3.63, 3.8) is 0 Å². The summed E-state index contributed by atoms with van der Waals surface area (Å²) in [7, 11) is 6.05. The minimum absolute atomic E-state index is 0.105. The van der Waals surface area contributed by atoms with Crippen molar-refractivity contribution in [3.05, 3.63) is 0 Å². The smallest absolute Gasteiger partial charge is 0.236 e. The molecule has 0 atom stereocenters. The second kappa shape index (κ2) is 6.04. The van der Waals surface area contributed by atoms with Crippen LogP contribution in [0, 0.1) is 12.3 Å². The van der Waals surface area contributed by atoms with Crippen LogP contribution < -0.4 is 5.32 Å². The van der Waals surface area contributed by atoms with Gasteiger partial charge in [0.05, 0.1) is 13.1 Å². The summed E-state index contributed by atoms with van der Waals surface area (Å²) in [6, 6.07) is 0. The van der Waals surface area contributed by atoms with E-state index in [0.717, 1.165) is 6.54 Å². The van der Waals surface area contributed by atoms with Crippen LogP contribution in [-0.2, 0) is 4.79 Å². The molecule has 0 spiro atoms. The minimum atomic E-state index is 0.105. The highest BCUT2D eigenvalue weighted by atomic mass is 16.2. The van der Waals surface area contributed by atoms with Gasteiger partial charge in [0, 0.05) is 19.1 Å². The van der Waals surface area contributed by atoms with Gasteiger partial charge in [-0.15, -0.1) is 6.42 Å². The van der Waals surface area contributed by atoms with Crippen molar-refractivity contribution >= 4 is 5.91 Å². The second-order valence-corrected chi connectivity index (χ2v) is 5.03. The number of hydrogen-bond acceptors (Lipinski definition) is 3. The topological polar surface area (TPSA) is 35.6 Å². The fourth-order valence-corrected chi connectivity index (χ4v) is 2.24. The molecule has 17 heavy (non-hydrogen) atoms. The lowest BCUT2D eigenvalue weighted by Gasteiger charge is -2.49. The van der Waals surface area contributed by atoms with Crippen molar-refractivity contribution in [2.24, 2.45) is 0 Å². The summed E-state index contributed by atoms with van der Waals surface area (Å²) in [5.41, 5.74) is 0.191. The van der Waals surface area contributed by atoms with Gasteiger partial charge in [0.2, 0.25) is 5.91 Å². The highest BCUT2D eigenvalue weighted by Crippen LogP contribution is 2.36. The van der Waals surface area contributed by atoms with Crippen molar-refractivity contribution in [2.75, 3.05) is 40.8 Å². The third-order valence-corrected chi connectivity index (χ3v) is 3.69. The summed E-state index contributed by atoms with van der Waals surface area (Å²) < 4.78 is 0. The molecule has 0 radical (unpaired) electrons. The van der Waals surface area contributed by atoms with Gasteiger partial charge >= 0.3 is 0 Å². The van der Waals surface area contributed by atoms with E-state index in [4.69, 9.17) is 6.42 Å². The number of terminal acetylenes is 1. The van der Waals surface area contributed by atoms with Gasteiger partial charge in [-0.1, -0.05) is 5.92 Å².